The highest BCUT2D eigenvalue weighted by Crippen LogP contribution is 2.25. The van der Waals surface area contributed by atoms with Crippen molar-refractivity contribution in [3.63, 3.8) is 0 Å². The van der Waals surface area contributed by atoms with Crippen LogP contribution in [-0.4, -0.2) is 6.04 Å². The van der Waals surface area contributed by atoms with Crippen LogP contribution in [0.3, 0.4) is 0 Å². The fourth-order valence-corrected chi connectivity index (χ4v) is 2.89. The molecule has 0 bridgehead atoms. The number of hydrogen-bond acceptors (Lipinski definition) is 1. The van der Waals surface area contributed by atoms with Gasteiger partial charge in [0.25, 0.3) is 0 Å². The SMILES string of the molecule is Cc1ccc(C(C)NC2CCCC(C)C2)cc1. The van der Waals surface area contributed by atoms with Crippen molar-refractivity contribution in [3.05, 3.63) is 35.4 Å². The minimum Gasteiger partial charge on any atom is -0.307 e. The topological polar surface area (TPSA) is 12.0 Å². The van der Waals surface area contributed by atoms with E-state index in [9.17, 15) is 0 Å². The summed E-state index contributed by atoms with van der Waals surface area (Å²) >= 11 is 0. The molecule has 2 rings (SSSR count). The van der Waals surface area contributed by atoms with Crippen molar-refractivity contribution in [1.29, 1.82) is 0 Å². The lowest BCUT2D eigenvalue weighted by Crippen LogP contribution is -2.35. The molecule has 0 radical (unpaired) electrons. The zero-order valence-electron chi connectivity index (χ0n) is 11.4. The summed E-state index contributed by atoms with van der Waals surface area (Å²) in [5.74, 6) is 0.895. The number of aryl methyl sites for hydroxylation is 1. The first-order valence-electron chi connectivity index (χ1n) is 6.98. The first-order chi connectivity index (χ1) is 8.15. The Morgan fingerprint density at radius 1 is 1.18 bits per heavy atom. The zero-order valence-corrected chi connectivity index (χ0v) is 11.4. The van der Waals surface area contributed by atoms with Crippen molar-refractivity contribution < 1.29 is 0 Å². The van der Waals surface area contributed by atoms with Crippen LogP contribution < -0.4 is 5.32 Å². The monoisotopic (exact) mass is 231 g/mol. The van der Waals surface area contributed by atoms with Crippen molar-refractivity contribution in [2.24, 2.45) is 5.92 Å². The second-order valence-electron chi connectivity index (χ2n) is 5.77. The zero-order chi connectivity index (χ0) is 12.3. The number of rotatable bonds is 3. The summed E-state index contributed by atoms with van der Waals surface area (Å²) in [7, 11) is 0. The van der Waals surface area contributed by atoms with E-state index in [2.05, 4.69) is 50.4 Å². The molecule has 17 heavy (non-hydrogen) atoms. The van der Waals surface area contributed by atoms with Crippen molar-refractivity contribution in [2.45, 2.75) is 58.5 Å². The number of nitrogens with one attached hydrogen (secondary N) is 1. The molecule has 1 aromatic rings. The average molecular weight is 231 g/mol. The summed E-state index contributed by atoms with van der Waals surface area (Å²) in [6, 6.07) is 10.1. The van der Waals surface area contributed by atoms with Crippen LogP contribution in [0.1, 0.15) is 56.7 Å². The Hall–Kier alpha value is -0.820. The van der Waals surface area contributed by atoms with E-state index in [1.54, 1.807) is 0 Å². The predicted octanol–water partition coefficient (Wildman–Crippen LogP) is 4.22. The summed E-state index contributed by atoms with van der Waals surface area (Å²) in [5.41, 5.74) is 2.75. The third-order valence-electron chi connectivity index (χ3n) is 4.00. The quantitative estimate of drug-likeness (QED) is 0.821. The molecule has 0 spiro atoms. The molecule has 0 aromatic heterocycles. The van der Waals surface area contributed by atoms with E-state index in [-0.39, 0.29) is 0 Å². The Bertz CT molecular complexity index is 341. The second kappa shape index (κ2) is 5.68. The number of hydrogen-bond donors (Lipinski definition) is 1. The van der Waals surface area contributed by atoms with Gasteiger partial charge < -0.3 is 5.32 Å². The lowest BCUT2D eigenvalue weighted by Gasteiger charge is -2.30. The van der Waals surface area contributed by atoms with Gasteiger partial charge in [0, 0.05) is 12.1 Å². The maximum atomic E-state index is 3.78. The third-order valence-corrected chi connectivity index (χ3v) is 4.00. The van der Waals surface area contributed by atoms with Crippen LogP contribution >= 0.6 is 0 Å². The van der Waals surface area contributed by atoms with Crippen LogP contribution in [0.25, 0.3) is 0 Å². The van der Waals surface area contributed by atoms with E-state index >= 15 is 0 Å². The maximum Gasteiger partial charge on any atom is 0.0294 e. The molecule has 1 aromatic carbocycles. The van der Waals surface area contributed by atoms with E-state index < -0.39 is 0 Å². The molecule has 1 saturated carbocycles. The fourth-order valence-electron chi connectivity index (χ4n) is 2.89. The van der Waals surface area contributed by atoms with Gasteiger partial charge in [-0.3, -0.25) is 0 Å². The predicted molar refractivity (Wildman–Crippen MR) is 74.1 cm³/mol. The number of benzene rings is 1. The third kappa shape index (κ3) is 3.57. The molecule has 1 heteroatoms. The van der Waals surface area contributed by atoms with Gasteiger partial charge in [-0.25, -0.2) is 0 Å². The van der Waals surface area contributed by atoms with E-state index in [4.69, 9.17) is 0 Å². The van der Waals surface area contributed by atoms with Gasteiger partial charge in [0.1, 0.15) is 0 Å². The Morgan fingerprint density at radius 3 is 2.53 bits per heavy atom. The molecule has 3 unspecified atom stereocenters. The highest BCUT2D eigenvalue weighted by Gasteiger charge is 2.20. The largest absolute Gasteiger partial charge is 0.307 e. The first kappa shape index (κ1) is 12.6. The standard InChI is InChI=1S/C16H25N/c1-12-7-9-15(10-8-12)14(3)17-16-6-4-5-13(2)11-16/h7-10,13-14,16-17H,4-6,11H2,1-3H3. The van der Waals surface area contributed by atoms with Crippen LogP contribution in [0, 0.1) is 12.8 Å². The van der Waals surface area contributed by atoms with Gasteiger partial charge in [0.15, 0.2) is 0 Å². The van der Waals surface area contributed by atoms with Gasteiger partial charge in [-0.1, -0.05) is 49.6 Å². The van der Waals surface area contributed by atoms with E-state index in [0.29, 0.717) is 6.04 Å². The van der Waals surface area contributed by atoms with Gasteiger partial charge in [-0.05, 0) is 38.2 Å². The molecular weight excluding hydrogens is 206 g/mol. The Kier molecular flexibility index (Phi) is 4.22. The van der Waals surface area contributed by atoms with E-state index in [1.807, 2.05) is 0 Å². The van der Waals surface area contributed by atoms with Gasteiger partial charge in [0.2, 0.25) is 0 Å². The molecule has 0 saturated heterocycles. The Morgan fingerprint density at radius 2 is 1.88 bits per heavy atom. The summed E-state index contributed by atoms with van der Waals surface area (Å²) < 4.78 is 0. The molecule has 1 aliphatic carbocycles. The summed E-state index contributed by atoms with van der Waals surface area (Å²) in [4.78, 5) is 0. The van der Waals surface area contributed by atoms with Crippen LogP contribution in [0.4, 0.5) is 0 Å². The van der Waals surface area contributed by atoms with E-state index in [0.717, 1.165) is 12.0 Å². The van der Waals surface area contributed by atoms with Crippen molar-refractivity contribution in [2.75, 3.05) is 0 Å². The minimum absolute atomic E-state index is 0.478. The normalized spacial score (nSPS) is 26.8. The molecule has 3 atom stereocenters. The molecule has 1 fully saturated rings. The van der Waals surface area contributed by atoms with E-state index in [1.165, 1.54) is 36.8 Å². The molecule has 94 valence electrons. The summed E-state index contributed by atoms with van der Waals surface area (Å²) in [5, 5.41) is 3.78. The Balaban J connectivity index is 1.91. The summed E-state index contributed by atoms with van der Waals surface area (Å²) in [6.07, 6.45) is 5.49. The average Bonchev–Trinajstić information content (AvgIpc) is 2.29. The van der Waals surface area contributed by atoms with Crippen LogP contribution in [0.15, 0.2) is 24.3 Å². The molecule has 0 aliphatic heterocycles. The molecular formula is C16H25N. The van der Waals surface area contributed by atoms with Crippen LogP contribution in [0.2, 0.25) is 0 Å². The minimum atomic E-state index is 0.478. The Labute approximate surface area is 106 Å². The highest BCUT2D eigenvalue weighted by atomic mass is 14.9. The molecule has 1 N–H and O–H groups in total. The summed E-state index contributed by atoms with van der Waals surface area (Å²) in [6.45, 7) is 6.80. The first-order valence-corrected chi connectivity index (χ1v) is 6.98. The fraction of sp³-hybridized carbons (Fsp3) is 0.625. The van der Waals surface area contributed by atoms with Gasteiger partial charge >= 0.3 is 0 Å². The highest BCUT2D eigenvalue weighted by molar-refractivity contribution is 5.23. The van der Waals surface area contributed by atoms with Gasteiger partial charge in [-0.2, -0.15) is 0 Å². The van der Waals surface area contributed by atoms with Gasteiger partial charge in [-0.15, -0.1) is 0 Å². The molecule has 0 heterocycles. The van der Waals surface area contributed by atoms with Crippen molar-refractivity contribution >= 4 is 0 Å². The lowest BCUT2D eigenvalue weighted by molar-refractivity contribution is 0.285. The molecule has 1 nitrogen and oxygen atoms in total. The lowest BCUT2D eigenvalue weighted by atomic mass is 9.86. The smallest absolute Gasteiger partial charge is 0.0294 e. The van der Waals surface area contributed by atoms with Crippen molar-refractivity contribution in [1.82, 2.24) is 5.32 Å². The van der Waals surface area contributed by atoms with Gasteiger partial charge in [0.05, 0.1) is 0 Å². The van der Waals surface area contributed by atoms with Crippen molar-refractivity contribution in [3.8, 4) is 0 Å². The second-order valence-corrected chi connectivity index (χ2v) is 5.77. The van der Waals surface area contributed by atoms with Crippen LogP contribution in [0.5, 0.6) is 0 Å². The molecule has 0 amide bonds. The molecule has 1 aliphatic rings. The van der Waals surface area contributed by atoms with Crippen LogP contribution in [-0.2, 0) is 0 Å². The maximum absolute atomic E-state index is 3.78.